The number of carbonyl (C=O) groups excluding carboxylic acids is 2. The van der Waals surface area contributed by atoms with Crippen molar-refractivity contribution in [2.24, 2.45) is 5.73 Å². The molecule has 1 aliphatic rings. The second kappa shape index (κ2) is 11.9. The molecule has 1 fully saturated rings. The number of likely N-dealkylation sites (tertiary alicyclic amines) is 1. The van der Waals surface area contributed by atoms with Crippen molar-refractivity contribution in [2.75, 3.05) is 13.1 Å². The van der Waals surface area contributed by atoms with E-state index in [9.17, 15) is 37.5 Å². The molecular formula is C17H24F3N3O8. The fraction of sp³-hybridized carbons (Fsp3) is 0.588. The van der Waals surface area contributed by atoms with Crippen molar-refractivity contribution >= 4 is 29.7 Å². The van der Waals surface area contributed by atoms with Gasteiger partial charge >= 0.3 is 24.1 Å². The van der Waals surface area contributed by atoms with E-state index in [-0.39, 0.29) is 19.4 Å². The maximum Gasteiger partial charge on any atom is 0.490 e. The highest BCUT2D eigenvalue weighted by molar-refractivity contribution is 5.95. The Labute approximate surface area is 174 Å². The Morgan fingerprint density at radius 2 is 1.74 bits per heavy atom. The third-order valence-electron chi connectivity index (χ3n) is 4.36. The van der Waals surface area contributed by atoms with Gasteiger partial charge in [-0.25, -0.2) is 9.59 Å². The van der Waals surface area contributed by atoms with Crippen LogP contribution in [0.5, 0.6) is 0 Å². The molecule has 1 rings (SSSR count). The van der Waals surface area contributed by atoms with Crippen LogP contribution in [0, 0.1) is 0 Å². The Morgan fingerprint density at radius 3 is 2.13 bits per heavy atom. The molecule has 0 saturated carbocycles. The van der Waals surface area contributed by atoms with Gasteiger partial charge in [0.15, 0.2) is 0 Å². The summed E-state index contributed by atoms with van der Waals surface area (Å²) < 4.78 is 31.7. The molecule has 1 aliphatic heterocycles. The maximum atomic E-state index is 12.7. The summed E-state index contributed by atoms with van der Waals surface area (Å²) in [5.74, 6) is -6.26. The minimum atomic E-state index is -5.08. The smallest absolute Gasteiger partial charge is 0.481 e. The van der Waals surface area contributed by atoms with E-state index < -0.39 is 53.9 Å². The van der Waals surface area contributed by atoms with Gasteiger partial charge in [-0.2, -0.15) is 13.2 Å². The quantitative estimate of drug-likeness (QED) is 0.297. The summed E-state index contributed by atoms with van der Waals surface area (Å²) in [6.45, 7) is 3.70. The lowest BCUT2D eigenvalue weighted by atomic mass is 9.90. The molecule has 0 aromatic rings. The van der Waals surface area contributed by atoms with Crippen molar-refractivity contribution in [2.45, 2.75) is 49.9 Å². The normalized spacial score (nSPS) is 18.9. The number of carboxylic acids is 3. The molecule has 2 amide bonds. The zero-order chi connectivity index (χ0) is 24.4. The maximum absolute atomic E-state index is 12.7. The van der Waals surface area contributed by atoms with E-state index in [1.807, 2.05) is 0 Å². The standard InChI is InChI=1S/C15H23N3O6.C2HF3O2/c1-2-6-15(7-3-8-18(15)11(19)9-16)14(24)17-10(13(22)23)4-5-12(20)21;3-2(4,5)1(6)7/h2,10H,1,3-9,16H2,(H,17,24)(H,20,21)(H,22,23);(H,6,7)/t10-,15-;/m0./s1. The first-order valence-electron chi connectivity index (χ1n) is 8.90. The van der Waals surface area contributed by atoms with Gasteiger partial charge in [0.25, 0.3) is 0 Å². The monoisotopic (exact) mass is 455 g/mol. The number of hydrogen-bond donors (Lipinski definition) is 5. The summed E-state index contributed by atoms with van der Waals surface area (Å²) in [6.07, 6.45) is -3.12. The van der Waals surface area contributed by atoms with Crippen LogP contribution in [0.4, 0.5) is 13.2 Å². The molecule has 6 N–H and O–H groups in total. The van der Waals surface area contributed by atoms with Gasteiger partial charge in [-0.05, 0) is 25.7 Å². The highest BCUT2D eigenvalue weighted by Gasteiger charge is 2.49. The second-order valence-corrected chi connectivity index (χ2v) is 6.48. The van der Waals surface area contributed by atoms with Crippen LogP contribution in [0.3, 0.4) is 0 Å². The number of halogens is 3. The Morgan fingerprint density at radius 1 is 1.19 bits per heavy atom. The molecule has 31 heavy (non-hydrogen) atoms. The molecule has 0 radical (unpaired) electrons. The van der Waals surface area contributed by atoms with E-state index in [1.165, 1.54) is 11.0 Å². The Hall–Kier alpha value is -3.16. The van der Waals surface area contributed by atoms with Crippen molar-refractivity contribution in [3.8, 4) is 0 Å². The first-order valence-corrected chi connectivity index (χ1v) is 8.90. The van der Waals surface area contributed by atoms with Crippen molar-refractivity contribution < 1.29 is 52.5 Å². The fourth-order valence-electron chi connectivity index (χ4n) is 2.95. The van der Waals surface area contributed by atoms with Crippen molar-refractivity contribution in [3.05, 3.63) is 12.7 Å². The summed E-state index contributed by atoms with van der Waals surface area (Å²) in [7, 11) is 0. The predicted molar refractivity (Wildman–Crippen MR) is 97.7 cm³/mol. The van der Waals surface area contributed by atoms with Crippen LogP contribution in [0.1, 0.15) is 32.1 Å². The summed E-state index contributed by atoms with van der Waals surface area (Å²) in [5.41, 5.74) is 4.16. The molecule has 1 saturated heterocycles. The number of alkyl halides is 3. The molecule has 176 valence electrons. The van der Waals surface area contributed by atoms with E-state index in [2.05, 4.69) is 11.9 Å². The minimum Gasteiger partial charge on any atom is -0.481 e. The van der Waals surface area contributed by atoms with E-state index >= 15 is 0 Å². The van der Waals surface area contributed by atoms with Crippen molar-refractivity contribution in [1.82, 2.24) is 10.2 Å². The van der Waals surface area contributed by atoms with Crippen LogP contribution in [0.15, 0.2) is 12.7 Å². The number of amides is 2. The lowest BCUT2D eigenvalue weighted by Gasteiger charge is -2.37. The third-order valence-corrected chi connectivity index (χ3v) is 4.36. The molecule has 0 aromatic carbocycles. The van der Waals surface area contributed by atoms with Crippen LogP contribution < -0.4 is 11.1 Å². The molecular weight excluding hydrogens is 431 g/mol. The topological polar surface area (TPSA) is 187 Å². The number of rotatable bonds is 9. The number of hydrogen-bond acceptors (Lipinski definition) is 6. The van der Waals surface area contributed by atoms with Crippen molar-refractivity contribution in [1.29, 1.82) is 0 Å². The van der Waals surface area contributed by atoms with Crippen LogP contribution in [0.2, 0.25) is 0 Å². The Bertz CT molecular complexity index is 713. The van der Waals surface area contributed by atoms with Crippen LogP contribution in [-0.4, -0.2) is 80.8 Å². The van der Waals surface area contributed by atoms with Gasteiger partial charge in [-0.3, -0.25) is 14.4 Å². The largest absolute Gasteiger partial charge is 0.490 e. The summed E-state index contributed by atoms with van der Waals surface area (Å²) in [5, 5.41) is 27.4. The van der Waals surface area contributed by atoms with Gasteiger partial charge in [0.05, 0.1) is 6.54 Å². The first kappa shape index (κ1) is 27.8. The zero-order valence-corrected chi connectivity index (χ0v) is 16.4. The van der Waals surface area contributed by atoms with Crippen molar-refractivity contribution in [3.63, 3.8) is 0 Å². The zero-order valence-electron chi connectivity index (χ0n) is 16.4. The Kier molecular flexibility index (Phi) is 10.7. The van der Waals surface area contributed by atoms with Gasteiger partial charge in [0.2, 0.25) is 11.8 Å². The summed E-state index contributed by atoms with van der Waals surface area (Å²) in [4.78, 5) is 56.9. The van der Waals surface area contributed by atoms with Crippen LogP contribution in [0.25, 0.3) is 0 Å². The number of aliphatic carboxylic acids is 3. The van der Waals surface area contributed by atoms with Crippen LogP contribution >= 0.6 is 0 Å². The average Bonchev–Trinajstić information content (AvgIpc) is 3.08. The average molecular weight is 455 g/mol. The second-order valence-electron chi connectivity index (χ2n) is 6.48. The number of carbonyl (C=O) groups is 5. The van der Waals surface area contributed by atoms with E-state index in [4.69, 9.17) is 20.7 Å². The molecule has 0 spiro atoms. The minimum absolute atomic E-state index is 0.163. The summed E-state index contributed by atoms with van der Waals surface area (Å²) >= 11 is 0. The van der Waals surface area contributed by atoms with E-state index in [0.29, 0.717) is 19.4 Å². The lowest BCUT2D eigenvalue weighted by Crippen LogP contribution is -2.60. The highest BCUT2D eigenvalue weighted by atomic mass is 19.4. The van der Waals surface area contributed by atoms with Gasteiger partial charge in [0, 0.05) is 13.0 Å². The van der Waals surface area contributed by atoms with E-state index in [1.54, 1.807) is 0 Å². The van der Waals surface area contributed by atoms with Gasteiger partial charge in [0.1, 0.15) is 11.6 Å². The fourth-order valence-corrected chi connectivity index (χ4v) is 2.95. The highest BCUT2D eigenvalue weighted by Crippen LogP contribution is 2.33. The molecule has 2 atom stereocenters. The van der Waals surface area contributed by atoms with Gasteiger partial charge in [-0.15, -0.1) is 6.58 Å². The molecule has 0 aromatic heterocycles. The number of carboxylic acid groups (broad SMARTS) is 3. The van der Waals surface area contributed by atoms with Gasteiger partial charge in [-0.1, -0.05) is 6.08 Å². The number of nitrogens with zero attached hydrogens (tertiary/aromatic N) is 1. The SMILES string of the molecule is C=CC[C@@]1(C(=O)N[C@@H](CCC(=O)O)C(=O)O)CCCN1C(=O)CN.O=C(O)C(F)(F)F. The number of nitrogens with one attached hydrogen (secondary N) is 1. The van der Waals surface area contributed by atoms with Gasteiger partial charge < -0.3 is 31.3 Å². The first-order chi connectivity index (χ1) is 14.2. The number of nitrogens with two attached hydrogens (primary N) is 1. The molecule has 11 nitrogen and oxygen atoms in total. The molecule has 1 heterocycles. The predicted octanol–water partition coefficient (Wildman–Crippen LogP) is -0.0501. The third kappa shape index (κ3) is 8.24. The molecule has 14 heteroatoms. The summed E-state index contributed by atoms with van der Waals surface area (Å²) in [6, 6.07) is -1.34. The Balaban J connectivity index is 0.00000110. The molecule has 0 aliphatic carbocycles. The lowest BCUT2D eigenvalue weighted by molar-refractivity contribution is -0.192. The molecule has 0 bridgehead atoms. The van der Waals surface area contributed by atoms with E-state index in [0.717, 1.165) is 0 Å². The molecule has 0 unspecified atom stereocenters. The van der Waals surface area contributed by atoms with Crippen LogP contribution in [-0.2, 0) is 24.0 Å².